The third-order valence-corrected chi connectivity index (χ3v) is 4.13. The maximum Gasteiger partial charge on any atom is 0.224 e. The summed E-state index contributed by atoms with van der Waals surface area (Å²) in [6.07, 6.45) is 1.32. The van der Waals surface area contributed by atoms with Crippen LogP contribution in [0.15, 0.2) is 42.5 Å². The molecule has 0 spiro atoms. The number of ketones is 1. The van der Waals surface area contributed by atoms with Gasteiger partial charge in [0.1, 0.15) is 5.75 Å². The molecule has 2 aromatic carbocycles. The van der Waals surface area contributed by atoms with Crippen LogP contribution >= 0.6 is 0 Å². The van der Waals surface area contributed by atoms with Gasteiger partial charge in [0, 0.05) is 18.4 Å². The van der Waals surface area contributed by atoms with Crippen molar-refractivity contribution in [3.63, 3.8) is 0 Å². The number of anilines is 1. The number of hydrogen-bond donors (Lipinski definition) is 1. The zero-order chi connectivity index (χ0) is 19.1. The van der Waals surface area contributed by atoms with Crippen LogP contribution in [0.25, 0.3) is 0 Å². The fraction of sp³-hybridized carbons (Fsp3) is 0.364. The molecular weight excluding hydrogens is 326 g/mol. The van der Waals surface area contributed by atoms with Crippen LogP contribution in [-0.4, -0.2) is 18.8 Å². The molecule has 0 atom stereocenters. The van der Waals surface area contributed by atoms with Crippen molar-refractivity contribution >= 4 is 17.4 Å². The van der Waals surface area contributed by atoms with Crippen molar-refractivity contribution in [3.8, 4) is 5.75 Å². The highest BCUT2D eigenvalue weighted by molar-refractivity contribution is 6.00. The van der Waals surface area contributed by atoms with Gasteiger partial charge in [0.25, 0.3) is 0 Å². The van der Waals surface area contributed by atoms with Crippen LogP contribution in [0, 0.1) is 12.8 Å². The van der Waals surface area contributed by atoms with E-state index in [-0.39, 0.29) is 24.5 Å². The van der Waals surface area contributed by atoms with Crippen LogP contribution in [0.1, 0.15) is 48.2 Å². The number of benzene rings is 2. The quantitative estimate of drug-likeness (QED) is 0.693. The van der Waals surface area contributed by atoms with Gasteiger partial charge in [-0.2, -0.15) is 0 Å². The summed E-state index contributed by atoms with van der Waals surface area (Å²) in [5.74, 6) is 0.973. The van der Waals surface area contributed by atoms with E-state index in [4.69, 9.17) is 4.74 Å². The molecule has 0 aliphatic rings. The first kappa shape index (κ1) is 19.7. The van der Waals surface area contributed by atoms with Gasteiger partial charge in [-0.3, -0.25) is 9.59 Å². The maximum absolute atomic E-state index is 12.3. The fourth-order valence-corrected chi connectivity index (χ4v) is 2.80. The summed E-state index contributed by atoms with van der Waals surface area (Å²) >= 11 is 0. The van der Waals surface area contributed by atoms with E-state index in [2.05, 4.69) is 19.2 Å². The summed E-state index contributed by atoms with van der Waals surface area (Å²) in [6.45, 7) is 6.28. The lowest BCUT2D eigenvalue weighted by molar-refractivity contribution is -0.116. The molecule has 0 unspecified atom stereocenters. The van der Waals surface area contributed by atoms with E-state index in [1.54, 1.807) is 7.11 Å². The highest BCUT2D eigenvalue weighted by atomic mass is 16.5. The van der Waals surface area contributed by atoms with Crippen molar-refractivity contribution in [3.05, 3.63) is 59.2 Å². The van der Waals surface area contributed by atoms with Gasteiger partial charge < -0.3 is 10.1 Å². The minimum Gasteiger partial charge on any atom is -0.495 e. The molecule has 0 aliphatic heterocycles. The lowest BCUT2D eigenvalue weighted by Crippen LogP contribution is -2.14. The Kier molecular flexibility index (Phi) is 6.96. The Morgan fingerprint density at radius 2 is 1.73 bits per heavy atom. The second-order valence-electron chi connectivity index (χ2n) is 6.97. The number of ether oxygens (including phenoxy) is 1. The zero-order valence-corrected chi connectivity index (χ0v) is 16.0. The zero-order valence-electron chi connectivity index (χ0n) is 16.0. The predicted molar refractivity (Wildman–Crippen MR) is 105 cm³/mol. The first-order chi connectivity index (χ1) is 12.4. The number of rotatable bonds is 8. The van der Waals surface area contributed by atoms with Crippen molar-refractivity contribution in [2.45, 2.75) is 40.0 Å². The van der Waals surface area contributed by atoms with Gasteiger partial charge in [-0.1, -0.05) is 44.2 Å². The van der Waals surface area contributed by atoms with E-state index in [9.17, 15) is 9.59 Å². The lowest BCUT2D eigenvalue weighted by atomic mass is 9.99. The number of carbonyl (C=O) groups excluding carboxylic acids is 2. The number of methoxy groups -OCH3 is 1. The summed E-state index contributed by atoms with van der Waals surface area (Å²) in [5.41, 5.74) is 3.53. The summed E-state index contributed by atoms with van der Waals surface area (Å²) in [5, 5.41) is 2.82. The number of amides is 1. The molecule has 2 aromatic rings. The number of nitrogens with one attached hydrogen (secondary N) is 1. The molecule has 26 heavy (non-hydrogen) atoms. The van der Waals surface area contributed by atoms with Crippen molar-refractivity contribution < 1.29 is 14.3 Å². The van der Waals surface area contributed by atoms with Gasteiger partial charge in [-0.15, -0.1) is 0 Å². The van der Waals surface area contributed by atoms with E-state index in [1.165, 1.54) is 5.56 Å². The van der Waals surface area contributed by atoms with Gasteiger partial charge >= 0.3 is 0 Å². The van der Waals surface area contributed by atoms with E-state index in [0.717, 1.165) is 12.0 Å². The van der Waals surface area contributed by atoms with Crippen molar-refractivity contribution in [1.82, 2.24) is 0 Å². The molecule has 0 radical (unpaired) electrons. The van der Waals surface area contributed by atoms with Crippen molar-refractivity contribution in [2.24, 2.45) is 5.92 Å². The molecule has 4 nitrogen and oxygen atoms in total. The number of Topliss-reactive ketones (excluding diaryl/α,β-unsaturated/α-hetero) is 1. The highest BCUT2D eigenvalue weighted by Gasteiger charge is 2.12. The van der Waals surface area contributed by atoms with Crippen LogP contribution < -0.4 is 10.1 Å². The third kappa shape index (κ3) is 5.73. The monoisotopic (exact) mass is 353 g/mol. The normalized spacial score (nSPS) is 10.7. The number of carbonyl (C=O) groups is 2. The lowest BCUT2D eigenvalue weighted by Gasteiger charge is -2.11. The Labute approximate surface area is 155 Å². The Bertz CT molecular complexity index is 763. The van der Waals surface area contributed by atoms with E-state index in [0.29, 0.717) is 22.9 Å². The molecule has 0 aromatic heterocycles. The van der Waals surface area contributed by atoms with Crippen molar-refractivity contribution in [2.75, 3.05) is 12.4 Å². The second kappa shape index (κ2) is 9.18. The topological polar surface area (TPSA) is 55.4 Å². The highest BCUT2D eigenvalue weighted by Crippen LogP contribution is 2.25. The smallest absolute Gasteiger partial charge is 0.224 e. The first-order valence-electron chi connectivity index (χ1n) is 8.95. The molecule has 138 valence electrons. The van der Waals surface area contributed by atoms with Gasteiger partial charge in [0.2, 0.25) is 5.91 Å². The largest absolute Gasteiger partial charge is 0.495 e. The van der Waals surface area contributed by atoms with Gasteiger partial charge in [-0.05, 0) is 42.5 Å². The summed E-state index contributed by atoms with van der Waals surface area (Å²) in [7, 11) is 1.56. The van der Waals surface area contributed by atoms with Crippen LogP contribution in [0.5, 0.6) is 5.75 Å². The average Bonchev–Trinajstić information content (AvgIpc) is 2.60. The molecule has 0 bridgehead atoms. The van der Waals surface area contributed by atoms with Crippen LogP contribution in [0.4, 0.5) is 5.69 Å². The number of aryl methyl sites for hydroxylation is 1. The second-order valence-corrected chi connectivity index (χ2v) is 6.97. The minimum absolute atomic E-state index is 0.0209. The fourth-order valence-electron chi connectivity index (χ4n) is 2.80. The summed E-state index contributed by atoms with van der Waals surface area (Å²) in [4.78, 5) is 24.5. The minimum atomic E-state index is -0.196. The van der Waals surface area contributed by atoms with Gasteiger partial charge in [0.15, 0.2) is 5.78 Å². The van der Waals surface area contributed by atoms with E-state index in [1.807, 2.05) is 49.4 Å². The molecule has 1 N–H and O–H groups in total. The molecule has 0 saturated heterocycles. The standard InChI is InChI=1S/C22H27NO3/c1-15(2)13-17-6-8-18(9-7-17)20(24)10-12-22(25)23-19-14-16(3)5-11-21(19)26-4/h5-9,11,14-15H,10,12-13H2,1-4H3,(H,23,25). The molecule has 0 heterocycles. The van der Waals surface area contributed by atoms with Gasteiger partial charge in [-0.25, -0.2) is 0 Å². The Morgan fingerprint density at radius 3 is 2.35 bits per heavy atom. The molecular formula is C22H27NO3. The molecule has 0 saturated carbocycles. The summed E-state index contributed by atoms with van der Waals surface area (Å²) < 4.78 is 5.25. The first-order valence-corrected chi connectivity index (χ1v) is 8.95. The number of hydrogen-bond acceptors (Lipinski definition) is 3. The van der Waals surface area contributed by atoms with Gasteiger partial charge in [0.05, 0.1) is 12.8 Å². The van der Waals surface area contributed by atoms with Crippen molar-refractivity contribution in [1.29, 1.82) is 0 Å². The predicted octanol–water partition coefficient (Wildman–Crippen LogP) is 4.80. The third-order valence-electron chi connectivity index (χ3n) is 4.13. The molecule has 0 fully saturated rings. The van der Waals surface area contributed by atoms with Crippen LogP contribution in [-0.2, 0) is 11.2 Å². The van der Waals surface area contributed by atoms with E-state index >= 15 is 0 Å². The summed E-state index contributed by atoms with van der Waals surface area (Å²) in [6, 6.07) is 13.3. The van der Waals surface area contributed by atoms with Crippen LogP contribution in [0.2, 0.25) is 0 Å². The SMILES string of the molecule is COc1ccc(C)cc1NC(=O)CCC(=O)c1ccc(CC(C)C)cc1. The Balaban J connectivity index is 1.90. The Hall–Kier alpha value is -2.62. The molecule has 4 heteroatoms. The average molecular weight is 353 g/mol. The molecule has 0 aliphatic carbocycles. The molecule has 1 amide bonds. The maximum atomic E-state index is 12.3. The molecule has 2 rings (SSSR count). The van der Waals surface area contributed by atoms with E-state index < -0.39 is 0 Å². The Morgan fingerprint density at radius 1 is 1.04 bits per heavy atom. The van der Waals surface area contributed by atoms with Crippen LogP contribution in [0.3, 0.4) is 0 Å².